The van der Waals surface area contributed by atoms with E-state index in [9.17, 15) is 31.5 Å². The summed E-state index contributed by atoms with van der Waals surface area (Å²) in [6.45, 7) is 6.05. The van der Waals surface area contributed by atoms with Crippen molar-refractivity contribution in [3.63, 3.8) is 0 Å². The Morgan fingerprint density at radius 3 is 1.56 bits per heavy atom. The molecule has 0 spiro atoms. The van der Waals surface area contributed by atoms with Gasteiger partial charge in [0.25, 0.3) is 24.6 Å². The first kappa shape index (κ1) is 43.7. The minimum absolute atomic E-state index is 0.0430. The van der Waals surface area contributed by atoms with E-state index in [-0.39, 0.29) is 63.4 Å². The van der Waals surface area contributed by atoms with Gasteiger partial charge in [0.05, 0.1) is 22.9 Å². The van der Waals surface area contributed by atoms with Gasteiger partial charge >= 0.3 is 0 Å². The largest absolute Gasteiger partial charge is 0.369 e. The van der Waals surface area contributed by atoms with Crippen molar-refractivity contribution in [2.24, 2.45) is 23.3 Å². The summed E-state index contributed by atoms with van der Waals surface area (Å²) in [6, 6.07) is 14.3. The van der Waals surface area contributed by atoms with Gasteiger partial charge in [0, 0.05) is 16.9 Å². The molecule has 0 saturated heterocycles. The van der Waals surface area contributed by atoms with Crippen molar-refractivity contribution in [3.05, 3.63) is 105 Å². The second kappa shape index (κ2) is 17.0. The summed E-state index contributed by atoms with van der Waals surface area (Å²) in [5.41, 5.74) is 12.6. The number of nitrogens with zero attached hydrogens (tertiary/aromatic N) is 8. The third-order valence-electron chi connectivity index (χ3n) is 12.4. The lowest BCUT2D eigenvalue weighted by Gasteiger charge is -2.33. The van der Waals surface area contributed by atoms with Gasteiger partial charge in [-0.15, -0.1) is 0 Å². The molecule has 4 aliphatic carbocycles. The number of aryl methyl sites for hydroxylation is 1. The van der Waals surface area contributed by atoms with Gasteiger partial charge in [0.15, 0.2) is 11.6 Å². The zero-order chi connectivity index (χ0) is 45.0. The second-order valence-corrected chi connectivity index (χ2v) is 16.7. The summed E-state index contributed by atoms with van der Waals surface area (Å²) >= 11 is 6.24. The molecule has 2 aromatic carbocycles. The molecular weight excluding hydrogens is 851 g/mol. The SMILES string of the molecule is CC.Cc1ccccc1C1(c2noc(-c3cc(C(F)F)nn3C3CC(C(N)=O)C3)n2)CC1.NC(=O)C1CC(n2nc(C(F)F)cc2-c2nc(C3(c4ccc(F)cc4Cl)CC3)no2)C1. The molecule has 332 valence electrons. The number of carbonyl (C=O) groups excluding carboxylic acids is 2. The molecule has 4 aliphatic rings. The molecule has 4 fully saturated rings. The topological polar surface area (TPSA) is 200 Å². The number of benzene rings is 2. The molecule has 2 amide bonds. The Balaban J connectivity index is 0.000000166. The minimum atomic E-state index is -2.78. The first-order chi connectivity index (χ1) is 30.2. The number of primary amides is 2. The van der Waals surface area contributed by atoms with Gasteiger partial charge in [0.1, 0.15) is 28.6 Å². The fourth-order valence-corrected chi connectivity index (χ4v) is 8.81. The summed E-state index contributed by atoms with van der Waals surface area (Å²) in [6.07, 6.45) is -0.567. The van der Waals surface area contributed by atoms with Crippen LogP contribution in [-0.2, 0) is 20.4 Å². The lowest BCUT2D eigenvalue weighted by Crippen LogP contribution is -2.37. The maximum atomic E-state index is 13.5. The van der Waals surface area contributed by atoms with Gasteiger partial charge in [-0.3, -0.25) is 19.0 Å². The molecule has 63 heavy (non-hydrogen) atoms. The van der Waals surface area contributed by atoms with E-state index in [1.807, 2.05) is 39.0 Å². The van der Waals surface area contributed by atoms with E-state index < -0.39 is 35.7 Å². The summed E-state index contributed by atoms with van der Waals surface area (Å²) in [7, 11) is 0. The van der Waals surface area contributed by atoms with Crippen LogP contribution < -0.4 is 11.5 Å². The Bertz CT molecular complexity index is 2640. The Hall–Kier alpha value is -5.98. The number of carbonyl (C=O) groups is 2. The van der Waals surface area contributed by atoms with Crippen molar-refractivity contribution in [3.8, 4) is 23.2 Å². The van der Waals surface area contributed by atoms with E-state index in [2.05, 4.69) is 36.5 Å². The van der Waals surface area contributed by atoms with E-state index in [1.165, 1.54) is 33.6 Å². The van der Waals surface area contributed by atoms with Crippen LogP contribution in [0.2, 0.25) is 5.02 Å². The monoisotopic (exact) mass is 894 g/mol. The van der Waals surface area contributed by atoms with E-state index in [0.29, 0.717) is 61.4 Å². The lowest BCUT2D eigenvalue weighted by molar-refractivity contribution is -0.126. The fraction of sp³-hybridized carbons (Fsp3) is 0.442. The number of hydrogen-bond donors (Lipinski definition) is 2. The maximum Gasteiger partial charge on any atom is 0.282 e. The molecule has 10 rings (SSSR count). The number of aromatic nitrogens is 8. The summed E-state index contributed by atoms with van der Waals surface area (Å²) in [5.74, 6) is -0.728. The van der Waals surface area contributed by atoms with Gasteiger partial charge < -0.3 is 20.5 Å². The van der Waals surface area contributed by atoms with Crippen molar-refractivity contribution in [2.45, 2.75) is 108 Å². The highest BCUT2D eigenvalue weighted by molar-refractivity contribution is 6.31. The number of rotatable bonds is 12. The van der Waals surface area contributed by atoms with Crippen LogP contribution in [0.5, 0.6) is 0 Å². The smallest absolute Gasteiger partial charge is 0.282 e. The Morgan fingerprint density at radius 1 is 0.714 bits per heavy atom. The van der Waals surface area contributed by atoms with Gasteiger partial charge in [-0.1, -0.05) is 66.1 Å². The van der Waals surface area contributed by atoms with E-state index in [0.717, 1.165) is 24.0 Å². The maximum absolute atomic E-state index is 13.5. The molecule has 4 aromatic heterocycles. The van der Waals surface area contributed by atoms with Gasteiger partial charge in [-0.2, -0.15) is 20.2 Å². The molecule has 0 atom stereocenters. The Kier molecular flexibility index (Phi) is 11.7. The molecule has 0 aliphatic heterocycles. The standard InChI is InChI=1S/C21H21F2N5O2.C20H17ClF3N5O2.C2H6/c1-11-4-2-3-5-14(11)21(6-7-21)20-25-19(30-27-20)16-10-15(17(22)23)26-28(16)13-8-12(9-13)18(24)29;21-13-7-10(22)1-2-12(13)20(3-4-20)19-26-18(31-28-19)15-8-14(16(23)24)27-29(15)11-5-9(6-11)17(25)30;1-2/h2-5,10,12-13,17H,6-9H2,1H3,(H2,24,29);1-2,7-9,11,16H,3-6H2,(H2,25,30);1-2H3. The fourth-order valence-electron chi connectivity index (χ4n) is 8.46. The van der Waals surface area contributed by atoms with Crippen LogP contribution in [-0.4, -0.2) is 51.7 Å². The van der Waals surface area contributed by atoms with Crippen LogP contribution in [0.25, 0.3) is 23.2 Å². The average Bonchev–Trinajstić information content (AvgIpc) is 3.84. The third-order valence-corrected chi connectivity index (χ3v) is 12.7. The van der Waals surface area contributed by atoms with Crippen molar-refractivity contribution < 1.29 is 40.6 Å². The Morgan fingerprint density at radius 2 is 1.16 bits per heavy atom. The Labute approximate surface area is 362 Å². The van der Waals surface area contributed by atoms with Crippen molar-refractivity contribution in [1.82, 2.24) is 39.8 Å². The molecule has 4 N–H and O–H groups in total. The summed E-state index contributed by atoms with van der Waals surface area (Å²) in [4.78, 5) is 31.7. The highest BCUT2D eigenvalue weighted by Gasteiger charge is 2.52. The van der Waals surface area contributed by atoms with Crippen LogP contribution >= 0.6 is 11.6 Å². The molecule has 14 nitrogen and oxygen atoms in total. The molecule has 6 aromatic rings. The molecule has 20 heteroatoms. The summed E-state index contributed by atoms with van der Waals surface area (Å²) in [5, 5.41) is 16.6. The van der Waals surface area contributed by atoms with E-state index in [1.54, 1.807) is 6.07 Å². The molecule has 0 radical (unpaired) electrons. The highest BCUT2D eigenvalue weighted by atomic mass is 35.5. The minimum Gasteiger partial charge on any atom is -0.369 e. The van der Waals surface area contributed by atoms with Crippen molar-refractivity contribution in [1.29, 1.82) is 0 Å². The third kappa shape index (κ3) is 8.11. The van der Waals surface area contributed by atoms with Crippen LogP contribution in [0.1, 0.15) is 130 Å². The highest BCUT2D eigenvalue weighted by Crippen LogP contribution is 2.55. The van der Waals surface area contributed by atoms with E-state index in [4.69, 9.17) is 32.1 Å². The summed E-state index contributed by atoms with van der Waals surface area (Å²) < 4.78 is 80.5. The molecule has 4 saturated carbocycles. The number of hydrogen-bond acceptors (Lipinski definition) is 10. The lowest BCUT2D eigenvalue weighted by atomic mass is 9.80. The second-order valence-electron chi connectivity index (χ2n) is 16.3. The number of nitrogens with two attached hydrogens (primary N) is 2. The normalized spacial score (nSPS) is 21.4. The van der Waals surface area contributed by atoms with Crippen LogP contribution in [0, 0.1) is 24.6 Å². The number of halogens is 6. The van der Waals surface area contributed by atoms with E-state index >= 15 is 0 Å². The van der Waals surface area contributed by atoms with Crippen LogP contribution in [0.4, 0.5) is 22.0 Å². The van der Waals surface area contributed by atoms with Crippen LogP contribution in [0.3, 0.4) is 0 Å². The van der Waals surface area contributed by atoms with Gasteiger partial charge in [-0.25, -0.2) is 22.0 Å². The van der Waals surface area contributed by atoms with Crippen LogP contribution in [0.15, 0.2) is 63.6 Å². The van der Waals surface area contributed by atoms with Crippen molar-refractivity contribution >= 4 is 23.4 Å². The first-order valence-electron chi connectivity index (χ1n) is 20.7. The molecule has 0 unspecified atom stereocenters. The number of alkyl halides is 4. The molecule has 4 heterocycles. The first-order valence-corrected chi connectivity index (χ1v) is 21.1. The molecule has 0 bridgehead atoms. The quantitative estimate of drug-likeness (QED) is 0.112. The molecular formula is C43H44ClF5N10O4. The number of amides is 2. The van der Waals surface area contributed by atoms with Gasteiger partial charge in [0.2, 0.25) is 11.8 Å². The zero-order valence-electron chi connectivity index (χ0n) is 34.5. The zero-order valence-corrected chi connectivity index (χ0v) is 35.2. The predicted molar refractivity (Wildman–Crippen MR) is 217 cm³/mol. The van der Waals surface area contributed by atoms with Crippen molar-refractivity contribution in [2.75, 3.05) is 0 Å². The average molecular weight is 895 g/mol. The van der Waals surface area contributed by atoms with Gasteiger partial charge in [-0.05, 0) is 99.2 Å². The predicted octanol–water partition coefficient (Wildman–Crippen LogP) is 8.90.